The Kier molecular flexibility index (Phi) is 3.89. The van der Waals surface area contributed by atoms with E-state index < -0.39 is 6.10 Å². The Hall–Kier alpha value is -2.32. The fourth-order valence-corrected chi connectivity index (χ4v) is 2.68. The molecule has 0 bridgehead atoms. The number of aliphatic hydroxyl groups is 1. The fraction of sp³-hybridized carbons (Fsp3) is 0.158. The molecule has 0 aliphatic carbocycles. The smallest absolute Gasteiger partial charge is 0.0994 e. The Morgan fingerprint density at radius 1 is 0.810 bits per heavy atom. The number of hydrogen-bond donors (Lipinski definition) is 1. The van der Waals surface area contributed by atoms with Crippen LogP contribution >= 0.6 is 0 Å². The van der Waals surface area contributed by atoms with Crippen molar-refractivity contribution in [2.24, 2.45) is 0 Å². The Morgan fingerprint density at radius 3 is 2.10 bits per heavy atom. The average molecular weight is 277 g/mol. The summed E-state index contributed by atoms with van der Waals surface area (Å²) in [5.41, 5.74) is 3.23. The van der Waals surface area contributed by atoms with Gasteiger partial charge in [-0.1, -0.05) is 60.7 Å². The summed E-state index contributed by atoms with van der Waals surface area (Å²) in [6.45, 7) is 2.05. The first-order valence-corrected chi connectivity index (χ1v) is 7.22. The Morgan fingerprint density at radius 2 is 1.43 bits per heavy atom. The highest BCUT2D eigenvalue weighted by molar-refractivity contribution is 5.60. The number of hydrogen-bond acceptors (Lipinski definition) is 1. The lowest BCUT2D eigenvalue weighted by Gasteiger charge is -2.23. The molecule has 3 aromatic rings. The molecule has 0 saturated heterocycles. The van der Waals surface area contributed by atoms with Gasteiger partial charge in [0.15, 0.2) is 0 Å². The van der Waals surface area contributed by atoms with E-state index in [1.165, 1.54) is 0 Å². The molecule has 0 saturated carbocycles. The predicted molar refractivity (Wildman–Crippen MR) is 86.0 cm³/mol. The van der Waals surface area contributed by atoms with Gasteiger partial charge in [0.2, 0.25) is 0 Å². The summed E-state index contributed by atoms with van der Waals surface area (Å²) in [5, 5.41) is 10.6. The van der Waals surface area contributed by atoms with Gasteiger partial charge in [-0.05, 0) is 30.2 Å². The Bertz CT molecular complexity index is 688. The lowest BCUT2D eigenvalue weighted by molar-refractivity contribution is 0.123. The summed E-state index contributed by atoms with van der Waals surface area (Å²) in [6, 6.07) is 24.2. The van der Waals surface area contributed by atoms with Gasteiger partial charge < -0.3 is 9.67 Å². The zero-order chi connectivity index (χ0) is 14.7. The predicted octanol–water partition coefficient (Wildman–Crippen LogP) is 4.45. The number of aliphatic hydroxyl groups excluding tert-OH is 1. The van der Waals surface area contributed by atoms with Gasteiger partial charge in [0.05, 0.1) is 12.1 Å². The molecule has 0 spiro atoms. The third kappa shape index (κ3) is 2.76. The molecule has 2 atom stereocenters. The van der Waals surface area contributed by atoms with E-state index in [9.17, 15) is 5.11 Å². The SMILES string of the molecule is C[C@@H]([C@H](O)c1ccccc1)n1cccc1-c1ccccc1. The van der Waals surface area contributed by atoms with Gasteiger partial charge in [0.1, 0.15) is 0 Å². The molecule has 1 N–H and O–H groups in total. The first-order valence-electron chi connectivity index (χ1n) is 7.22. The van der Waals surface area contributed by atoms with Crippen LogP contribution < -0.4 is 0 Å². The molecule has 0 radical (unpaired) electrons. The van der Waals surface area contributed by atoms with Crippen molar-refractivity contribution in [3.63, 3.8) is 0 Å². The van der Waals surface area contributed by atoms with E-state index in [4.69, 9.17) is 0 Å². The van der Waals surface area contributed by atoms with Gasteiger partial charge in [0.25, 0.3) is 0 Å². The molecule has 0 unspecified atom stereocenters. The van der Waals surface area contributed by atoms with Crippen LogP contribution in [0.5, 0.6) is 0 Å². The van der Waals surface area contributed by atoms with Crippen LogP contribution in [0.3, 0.4) is 0 Å². The van der Waals surface area contributed by atoms with Gasteiger partial charge in [-0.15, -0.1) is 0 Å². The first kappa shape index (κ1) is 13.7. The van der Waals surface area contributed by atoms with Crippen LogP contribution in [0.1, 0.15) is 24.6 Å². The number of aromatic nitrogens is 1. The van der Waals surface area contributed by atoms with Crippen LogP contribution in [0, 0.1) is 0 Å². The van der Waals surface area contributed by atoms with Crippen molar-refractivity contribution in [3.8, 4) is 11.3 Å². The van der Waals surface area contributed by atoms with Crippen molar-refractivity contribution in [2.75, 3.05) is 0 Å². The summed E-state index contributed by atoms with van der Waals surface area (Å²) in [5.74, 6) is 0. The van der Waals surface area contributed by atoms with Crippen LogP contribution in [0.25, 0.3) is 11.3 Å². The minimum Gasteiger partial charge on any atom is -0.386 e. The maximum Gasteiger partial charge on any atom is 0.0994 e. The molecule has 2 nitrogen and oxygen atoms in total. The van der Waals surface area contributed by atoms with E-state index in [1.54, 1.807) is 0 Å². The molecular weight excluding hydrogens is 258 g/mol. The number of nitrogens with zero attached hydrogens (tertiary/aromatic N) is 1. The van der Waals surface area contributed by atoms with Crippen LogP contribution in [-0.2, 0) is 0 Å². The topological polar surface area (TPSA) is 25.2 Å². The maximum absolute atomic E-state index is 10.6. The van der Waals surface area contributed by atoms with Crippen LogP contribution in [0.15, 0.2) is 79.0 Å². The zero-order valence-electron chi connectivity index (χ0n) is 12.1. The van der Waals surface area contributed by atoms with E-state index in [0.29, 0.717) is 0 Å². The Labute approximate surface area is 125 Å². The molecular formula is C19H19NO. The van der Waals surface area contributed by atoms with E-state index in [2.05, 4.69) is 22.8 Å². The summed E-state index contributed by atoms with van der Waals surface area (Å²) in [6.07, 6.45) is 1.50. The fourth-order valence-electron chi connectivity index (χ4n) is 2.68. The number of benzene rings is 2. The highest BCUT2D eigenvalue weighted by Crippen LogP contribution is 2.31. The molecule has 0 amide bonds. The highest BCUT2D eigenvalue weighted by Gasteiger charge is 2.19. The summed E-state index contributed by atoms with van der Waals surface area (Å²) >= 11 is 0. The lowest BCUT2D eigenvalue weighted by Crippen LogP contribution is -2.14. The van der Waals surface area contributed by atoms with E-state index in [0.717, 1.165) is 16.8 Å². The van der Waals surface area contributed by atoms with Gasteiger partial charge in [0, 0.05) is 11.9 Å². The lowest BCUT2D eigenvalue weighted by atomic mass is 10.0. The molecule has 1 heterocycles. The molecule has 2 aromatic carbocycles. The van der Waals surface area contributed by atoms with Crippen molar-refractivity contribution in [3.05, 3.63) is 84.6 Å². The van der Waals surface area contributed by atoms with Crippen molar-refractivity contribution in [1.82, 2.24) is 4.57 Å². The summed E-state index contributed by atoms with van der Waals surface area (Å²) in [7, 11) is 0. The maximum atomic E-state index is 10.6. The quantitative estimate of drug-likeness (QED) is 0.749. The molecule has 106 valence electrons. The third-order valence-electron chi connectivity index (χ3n) is 3.89. The van der Waals surface area contributed by atoms with E-state index >= 15 is 0 Å². The highest BCUT2D eigenvalue weighted by atomic mass is 16.3. The van der Waals surface area contributed by atoms with Crippen molar-refractivity contribution < 1.29 is 5.11 Å². The zero-order valence-corrected chi connectivity index (χ0v) is 12.1. The van der Waals surface area contributed by atoms with Gasteiger partial charge in [-0.3, -0.25) is 0 Å². The summed E-state index contributed by atoms with van der Waals surface area (Å²) < 4.78 is 2.13. The van der Waals surface area contributed by atoms with Gasteiger partial charge >= 0.3 is 0 Å². The second-order valence-corrected chi connectivity index (χ2v) is 5.26. The first-order chi connectivity index (χ1) is 10.3. The van der Waals surface area contributed by atoms with Crippen LogP contribution in [-0.4, -0.2) is 9.67 Å². The van der Waals surface area contributed by atoms with Gasteiger partial charge in [-0.2, -0.15) is 0 Å². The Balaban J connectivity index is 1.93. The minimum absolute atomic E-state index is 0.0300. The average Bonchev–Trinajstić information content (AvgIpc) is 3.04. The standard InChI is InChI=1S/C19H19NO/c1-15(19(21)17-11-6-3-7-12-17)20-14-8-13-18(20)16-9-4-2-5-10-16/h2-15,19,21H,1H3/t15-,19-/m0/s1. The molecule has 0 aliphatic heterocycles. The molecule has 3 rings (SSSR count). The molecule has 21 heavy (non-hydrogen) atoms. The van der Waals surface area contributed by atoms with Crippen LogP contribution in [0.4, 0.5) is 0 Å². The molecule has 0 aliphatic rings. The van der Waals surface area contributed by atoms with Gasteiger partial charge in [-0.25, -0.2) is 0 Å². The normalized spacial score (nSPS) is 13.8. The van der Waals surface area contributed by atoms with E-state index in [1.807, 2.05) is 67.7 Å². The largest absolute Gasteiger partial charge is 0.386 e. The second kappa shape index (κ2) is 5.98. The van der Waals surface area contributed by atoms with Crippen LogP contribution in [0.2, 0.25) is 0 Å². The van der Waals surface area contributed by atoms with Crippen molar-refractivity contribution in [1.29, 1.82) is 0 Å². The second-order valence-electron chi connectivity index (χ2n) is 5.26. The third-order valence-corrected chi connectivity index (χ3v) is 3.89. The summed E-state index contributed by atoms with van der Waals surface area (Å²) in [4.78, 5) is 0. The number of rotatable bonds is 4. The van der Waals surface area contributed by atoms with Crippen molar-refractivity contribution >= 4 is 0 Å². The minimum atomic E-state index is -0.527. The molecule has 0 fully saturated rings. The van der Waals surface area contributed by atoms with E-state index in [-0.39, 0.29) is 6.04 Å². The molecule has 1 aromatic heterocycles. The molecule has 2 heteroatoms. The monoisotopic (exact) mass is 277 g/mol. The van der Waals surface area contributed by atoms with Crippen molar-refractivity contribution in [2.45, 2.75) is 19.1 Å².